The molecule has 1 heterocycles. The number of nitrogens with two attached hydrogens (primary N) is 1. The molecule has 4 heteroatoms. The first-order valence-corrected chi connectivity index (χ1v) is 7.43. The lowest BCUT2D eigenvalue weighted by molar-refractivity contribution is -0.117. The highest BCUT2D eigenvalue weighted by molar-refractivity contribution is 6.24. The summed E-state index contributed by atoms with van der Waals surface area (Å²) in [6, 6.07) is 16.0. The van der Waals surface area contributed by atoms with Crippen molar-refractivity contribution in [1.82, 2.24) is 0 Å². The van der Waals surface area contributed by atoms with Crippen molar-refractivity contribution >= 4 is 28.9 Å². The SMILES string of the molecule is Nc1ccc(Cc2ccc(N3CC(Cl)CC3=O)cc2)cc1. The van der Waals surface area contributed by atoms with Crippen LogP contribution >= 0.6 is 11.6 Å². The molecular weight excluding hydrogens is 284 g/mol. The van der Waals surface area contributed by atoms with Crippen LogP contribution in [-0.4, -0.2) is 17.8 Å². The summed E-state index contributed by atoms with van der Waals surface area (Å²) in [6.07, 6.45) is 1.28. The summed E-state index contributed by atoms with van der Waals surface area (Å²) in [4.78, 5) is 13.6. The van der Waals surface area contributed by atoms with Gasteiger partial charge in [0.25, 0.3) is 0 Å². The van der Waals surface area contributed by atoms with Crippen molar-refractivity contribution in [2.24, 2.45) is 0 Å². The second-order valence-corrected chi connectivity index (χ2v) is 6.01. The van der Waals surface area contributed by atoms with E-state index in [1.807, 2.05) is 36.4 Å². The van der Waals surface area contributed by atoms with Gasteiger partial charge in [0.2, 0.25) is 5.91 Å². The first-order valence-electron chi connectivity index (χ1n) is 6.99. The second-order valence-electron chi connectivity index (χ2n) is 5.39. The summed E-state index contributed by atoms with van der Waals surface area (Å²) < 4.78 is 0. The third-order valence-electron chi connectivity index (χ3n) is 3.71. The van der Waals surface area contributed by atoms with Gasteiger partial charge in [0.15, 0.2) is 0 Å². The number of nitrogens with zero attached hydrogens (tertiary/aromatic N) is 1. The third kappa shape index (κ3) is 3.19. The third-order valence-corrected chi connectivity index (χ3v) is 4.01. The molecule has 0 radical (unpaired) electrons. The van der Waals surface area contributed by atoms with Gasteiger partial charge in [0.1, 0.15) is 0 Å². The zero-order valence-electron chi connectivity index (χ0n) is 11.6. The highest BCUT2D eigenvalue weighted by Crippen LogP contribution is 2.25. The zero-order valence-corrected chi connectivity index (χ0v) is 12.4. The van der Waals surface area contributed by atoms with Crippen molar-refractivity contribution in [1.29, 1.82) is 0 Å². The van der Waals surface area contributed by atoms with E-state index < -0.39 is 0 Å². The summed E-state index contributed by atoms with van der Waals surface area (Å²) >= 11 is 6.03. The van der Waals surface area contributed by atoms with Crippen molar-refractivity contribution in [3.05, 3.63) is 59.7 Å². The lowest BCUT2D eigenvalue weighted by Crippen LogP contribution is -2.24. The number of hydrogen-bond acceptors (Lipinski definition) is 2. The number of carbonyl (C=O) groups excluding carboxylic acids is 1. The molecule has 0 bridgehead atoms. The van der Waals surface area contributed by atoms with Gasteiger partial charge >= 0.3 is 0 Å². The van der Waals surface area contributed by atoms with Gasteiger partial charge in [0, 0.05) is 24.3 Å². The molecule has 0 saturated carbocycles. The Morgan fingerprint density at radius 2 is 1.62 bits per heavy atom. The molecule has 1 saturated heterocycles. The molecule has 2 N–H and O–H groups in total. The molecule has 2 aromatic carbocycles. The number of nitrogen functional groups attached to an aromatic ring is 1. The van der Waals surface area contributed by atoms with Gasteiger partial charge in [-0.1, -0.05) is 24.3 Å². The van der Waals surface area contributed by atoms with E-state index in [2.05, 4.69) is 12.1 Å². The van der Waals surface area contributed by atoms with Crippen LogP contribution in [0, 0.1) is 0 Å². The maximum atomic E-state index is 11.8. The minimum atomic E-state index is -0.0769. The van der Waals surface area contributed by atoms with E-state index in [-0.39, 0.29) is 11.3 Å². The molecule has 1 unspecified atom stereocenters. The van der Waals surface area contributed by atoms with Gasteiger partial charge in [-0.15, -0.1) is 11.6 Å². The maximum Gasteiger partial charge on any atom is 0.228 e. The molecule has 1 aliphatic heterocycles. The van der Waals surface area contributed by atoms with Crippen LogP contribution in [0.2, 0.25) is 0 Å². The van der Waals surface area contributed by atoms with Gasteiger partial charge < -0.3 is 10.6 Å². The molecule has 3 nitrogen and oxygen atoms in total. The zero-order chi connectivity index (χ0) is 14.8. The molecule has 3 rings (SSSR count). The van der Waals surface area contributed by atoms with E-state index in [0.29, 0.717) is 13.0 Å². The maximum absolute atomic E-state index is 11.8. The predicted molar refractivity (Wildman–Crippen MR) is 86.7 cm³/mol. The van der Waals surface area contributed by atoms with Crippen LogP contribution in [-0.2, 0) is 11.2 Å². The number of carbonyl (C=O) groups is 1. The molecule has 1 atom stereocenters. The Balaban J connectivity index is 1.72. The fourth-order valence-corrected chi connectivity index (χ4v) is 2.85. The Bertz CT molecular complexity index is 637. The van der Waals surface area contributed by atoms with Crippen LogP contribution in [0.5, 0.6) is 0 Å². The molecule has 1 aliphatic rings. The van der Waals surface area contributed by atoms with Crippen molar-refractivity contribution in [3.63, 3.8) is 0 Å². The minimum absolute atomic E-state index is 0.0769. The standard InChI is InChI=1S/C17H17ClN2O/c18-14-10-17(21)20(11-14)16-7-3-13(4-8-16)9-12-1-5-15(19)6-2-12/h1-8,14H,9-11,19H2. The minimum Gasteiger partial charge on any atom is -0.399 e. The monoisotopic (exact) mass is 300 g/mol. The van der Waals surface area contributed by atoms with Crippen LogP contribution in [0.15, 0.2) is 48.5 Å². The van der Waals surface area contributed by atoms with Crippen LogP contribution in [0.25, 0.3) is 0 Å². The average molecular weight is 301 g/mol. The van der Waals surface area contributed by atoms with Crippen LogP contribution < -0.4 is 10.6 Å². The van der Waals surface area contributed by atoms with Crippen molar-refractivity contribution in [2.45, 2.75) is 18.2 Å². The first kappa shape index (κ1) is 14.0. The second kappa shape index (κ2) is 5.78. The Labute approximate surface area is 129 Å². The largest absolute Gasteiger partial charge is 0.399 e. The summed E-state index contributed by atoms with van der Waals surface area (Å²) in [5, 5.41) is -0.0769. The van der Waals surface area contributed by atoms with Crippen LogP contribution in [0.3, 0.4) is 0 Å². The van der Waals surface area contributed by atoms with E-state index in [4.69, 9.17) is 17.3 Å². The molecule has 0 spiro atoms. The number of anilines is 2. The number of benzene rings is 2. The molecular formula is C17H17ClN2O. The number of halogens is 1. The molecule has 1 amide bonds. The normalized spacial score (nSPS) is 18.2. The Morgan fingerprint density at radius 1 is 1.05 bits per heavy atom. The highest BCUT2D eigenvalue weighted by atomic mass is 35.5. The fraction of sp³-hybridized carbons (Fsp3) is 0.235. The summed E-state index contributed by atoms with van der Waals surface area (Å²) in [5.74, 6) is 0.0984. The first-order chi connectivity index (χ1) is 10.1. The lowest BCUT2D eigenvalue weighted by Gasteiger charge is -2.16. The number of amides is 1. The Morgan fingerprint density at radius 3 is 2.14 bits per heavy atom. The number of alkyl halides is 1. The van der Waals surface area contributed by atoms with E-state index in [0.717, 1.165) is 17.8 Å². The van der Waals surface area contributed by atoms with E-state index in [1.54, 1.807) is 4.90 Å². The molecule has 0 aliphatic carbocycles. The van der Waals surface area contributed by atoms with Gasteiger partial charge in [0.05, 0.1) is 5.38 Å². The predicted octanol–water partition coefficient (Wildman–Crippen LogP) is 3.20. The quantitative estimate of drug-likeness (QED) is 0.699. The van der Waals surface area contributed by atoms with E-state index >= 15 is 0 Å². The van der Waals surface area contributed by atoms with Crippen LogP contribution in [0.1, 0.15) is 17.5 Å². The molecule has 0 aromatic heterocycles. The average Bonchev–Trinajstić information content (AvgIpc) is 2.81. The Kier molecular flexibility index (Phi) is 3.84. The molecule has 21 heavy (non-hydrogen) atoms. The smallest absolute Gasteiger partial charge is 0.228 e. The van der Waals surface area contributed by atoms with Gasteiger partial charge in [-0.3, -0.25) is 4.79 Å². The number of rotatable bonds is 3. The summed E-state index contributed by atoms with van der Waals surface area (Å²) in [6.45, 7) is 0.595. The van der Waals surface area contributed by atoms with Crippen LogP contribution in [0.4, 0.5) is 11.4 Å². The van der Waals surface area contributed by atoms with Gasteiger partial charge in [-0.05, 0) is 41.8 Å². The summed E-state index contributed by atoms with van der Waals surface area (Å²) in [5.41, 5.74) is 9.81. The van der Waals surface area contributed by atoms with E-state index in [9.17, 15) is 4.79 Å². The molecule has 1 fully saturated rings. The van der Waals surface area contributed by atoms with Crippen molar-refractivity contribution in [2.75, 3.05) is 17.2 Å². The topological polar surface area (TPSA) is 46.3 Å². The lowest BCUT2D eigenvalue weighted by atomic mass is 10.0. The van der Waals surface area contributed by atoms with Crippen molar-refractivity contribution < 1.29 is 4.79 Å². The van der Waals surface area contributed by atoms with Gasteiger partial charge in [-0.25, -0.2) is 0 Å². The molecule has 2 aromatic rings. The van der Waals surface area contributed by atoms with Crippen molar-refractivity contribution in [3.8, 4) is 0 Å². The highest BCUT2D eigenvalue weighted by Gasteiger charge is 2.28. The van der Waals surface area contributed by atoms with Gasteiger partial charge in [-0.2, -0.15) is 0 Å². The van der Waals surface area contributed by atoms with E-state index in [1.165, 1.54) is 11.1 Å². The molecule has 108 valence electrons. The summed E-state index contributed by atoms with van der Waals surface area (Å²) in [7, 11) is 0. The fourth-order valence-electron chi connectivity index (χ4n) is 2.58. The number of hydrogen-bond donors (Lipinski definition) is 1. The Hall–Kier alpha value is -2.00.